The minimum absolute atomic E-state index is 0.0207. The number of rotatable bonds is 15. The quantitative estimate of drug-likeness (QED) is 0.185. The van der Waals surface area contributed by atoms with Gasteiger partial charge in [0.15, 0.2) is 0 Å². The van der Waals surface area contributed by atoms with Crippen molar-refractivity contribution in [1.29, 1.82) is 0 Å². The normalized spacial score (nSPS) is 11.7. The van der Waals surface area contributed by atoms with Crippen molar-refractivity contribution in [3.8, 4) is 17.2 Å². The molecule has 0 aliphatic carbocycles. The molecule has 5 nitrogen and oxygen atoms in total. The lowest BCUT2D eigenvalue weighted by Gasteiger charge is -2.13. The molecule has 2 rings (SSSR count). The van der Waals surface area contributed by atoms with Crippen LogP contribution in [0.2, 0.25) is 0 Å². The lowest BCUT2D eigenvalue weighted by Crippen LogP contribution is -2.17. The van der Waals surface area contributed by atoms with Gasteiger partial charge in [-0.2, -0.15) is 0 Å². The van der Waals surface area contributed by atoms with Crippen molar-refractivity contribution in [2.75, 3.05) is 19.8 Å². The van der Waals surface area contributed by atoms with Gasteiger partial charge in [-0.1, -0.05) is 39.0 Å². The van der Waals surface area contributed by atoms with E-state index in [4.69, 9.17) is 18.9 Å². The summed E-state index contributed by atoms with van der Waals surface area (Å²) in [4.78, 5) is 12.4. The van der Waals surface area contributed by atoms with E-state index in [1.807, 2.05) is 26.0 Å². The summed E-state index contributed by atoms with van der Waals surface area (Å²) in [5.74, 6) is 1.56. The number of esters is 1. The Balaban J connectivity index is 1.72. The fourth-order valence-corrected chi connectivity index (χ4v) is 3.08. The lowest BCUT2D eigenvalue weighted by molar-refractivity contribution is 0.0402. The van der Waals surface area contributed by atoms with Crippen molar-refractivity contribution in [2.24, 2.45) is 0 Å². The Morgan fingerprint density at radius 3 is 2.03 bits per heavy atom. The first kappa shape index (κ1) is 24.7. The van der Waals surface area contributed by atoms with Gasteiger partial charge in [-0.05, 0) is 68.8 Å². The van der Waals surface area contributed by atoms with Gasteiger partial charge in [0.1, 0.15) is 23.9 Å². The smallest absolute Gasteiger partial charge is 0.343 e. The molecular weight excluding hydrogens is 392 g/mol. The number of unbranched alkanes of at least 4 members (excludes halogenated alkanes) is 5. The zero-order chi connectivity index (χ0) is 22.3. The summed E-state index contributed by atoms with van der Waals surface area (Å²) in [6.07, 6.45) is 7.43. The zero-order valence-electron chi connectivity index (χ0n) is 19.1. The molecule has 0 aliphatic rings. The van der Waals surface area contributed by atoms with E-state index in [1.165, 1.54) is 32.1 Å². The van der Waals surface area contributed by atoms with Crippen LogP contribution in [0.15, 0.2) is 48.5 Å². The summed E-state index contributed by atoms with van der Waals surface area (Å²) in [5.41, 5.74) is 0.466. The molecule has 2 aromatic rings. The van der Waals surface area contributed by atoms with Crippen LogP contribution >= 0.6 is 0 Å². The molecule has 5 heteroatoms. The van der Waals surface area contributed by atoms with Gasteiger partial charge in [0.25, 0.3) is 0 Å². The maximum absolute atomic E-state index is 12.4. The van der Waals surface area contributed by atoms with Crippen LogP contribution in [0.1, 0.15) is 69.7 Å². The van der Waals surface area contributed by atoms with E-state index in [0.717, 1.165) is 12.2 Å². The second-order valence-corrected chi connectivity index (χ2v) is 7.58. The van der Waals surface area contributed by atoms with E-state index in [0.29, 0.717) is 36.9 Å². The van der Waals surface area contributed by atoms with E-state index in [9.17, 15) is 4.79 Å². The third-order valence-electron chi connectivity index (χ3n) is 4.83. The molecule has 1 atom stereocenters. The van der Waals surface area contributed by atoms with E-state index in [2.05, 4.69) is 6.92 Å². The van der Waals surface area contributed by atoms with Crippen LogP contribution in [-0.4, -0.2) is 31.9 Å². The first-order chi connectivity index (χ1) is 15.1. The van der Waals surface area contributed by atoms with Gasteiger partial charge in [0.05, 0.1) is 18.3 Å². The van der Waals surface area contributed by atoms with Gasteiger partial charge >= 0.3 is 5.97 Å². The van der Waals surface area contributed by atoms with Gasteiger partial charge in [-0.3, -0.25) is 0 Å². The van der Waals surface area contributed by atoms with Gasteiger partial charge in [-0.25, -0.2) is 4.79 Å². The van der Waals surface area contributed by atoms with Crippen molar-refractivity contribution in [2.45, 2.75) is 65.4 Å². The molecule has 0 amide bonds. The second-order valence-electron chi connectivity index (χ2n) is 7.58. The van der Waals surface area contributed by atoms with Crippen molar-refractivity contribution >= 4 is 5.97 Å². The summed E-state index contributed by atoms with van der Waals surface area (Å²) in [6, 6.07) is 14.1. The van der Waals surface area contributed by atoms with Crippen LogP contribution in [0.4, 0.5) is 0 Å². The van der Waals surface area contributed by atoms with Gasteiger partial charge in [0.2, 0.25) is 0 Å². The largest absolute Gasteiger partial charge is 0.494 e. The average molecular weight is 429 g/mol. The molecule has 0 heterocycles. The van der Waals surface area contributed by atoms with E-state index in [-0.39, 0.29) is 6.10 Å². The lowest BCUT2D eigenvalue weighted by atomic mass is 10.1. The van der Waals surface area contributed by atoms with Crippen molar-refractivity contribution in [3.63, 3.8) is 0 Å². The molecular formula is C26H36O5. The highest BCUT2D eigenvalue weighted by Crippen LogP contribution is 2.20. The third-order valence-corrected chi connectivity index (χ3v) is 4.83. The third kappa shape index (κ3) is 9.88. The van der Waals surface area contributed by atoms with Crippen LogP contribution < -0.4 is 14.2 Å². The molecule has 0 fully saturated rings. The maximum atomic E-state index is 12.4. The first-order valence-electron chi connectivity index (χ1n) is 11.4. The molecule has 0 saturated carbocycles. The summed E-state index contributed by atoms with van der Waals surface area (Å²) >= 11 is 0. The summed E-state index contributed by atoms with van der Waals surface area (Å²) < 4.78 is 22.3. The van der Waals surface area contributed by atoms with Crippen LogP contribution in [0, 0.1) is 0 Å². The molecule has 0 bridgehead atoms. The highest BCUT2D eigenvalue weighted by atomic mass is 16.5. The average Bonchev–Trinajstić information content (AvgIpc) is 2.78. The molecule has 0 saturated heterocycles. The van der Waals surface area contributed by atoms with Crippen LogP contribution in [0.3, 0.4) is 0 Å². The monoisotopic (exact) mass is 428 g/mol. The summed E-state index contributed by atoms with van der Waals surface area (Å²) in [6.45, 7) is 7.96. The van der Waals surface area contributed by atoms with Gasteiger partial charge < -0.3 is 18.9 Å². The molecule has 2 aromatic carbocycles. The molecule has 0 spiro atoms. The Bertz CT molecular complexity index is 739. The second kappa shape index (κ2) is 14.5. The Kier molecular flexibility index (Phi) is 11.5. The Morgan fingerprint density at radius 2 is 1.35 bits per heavy atom. The molecule has 0 aromatic heterocycles. The summed E-state index contributed by atoms with van der Waals surface area (Å²) in [7, 11) is 0. The van der Waals surface area contributed by atoms with E-state index in [1.54, 1.807) is 36.4 Å². The van der Waals surface area contributed by atoms with Crippen LogP contribution in [0.5, 0.6) is 17.2 Å². The number of benzene rings is 2. The number of carbonyl (C=O) groups excluding carboxylic acids is 1. The predicted octanol–water partition coefficient (Wildman–Crippen LogP) is 6.45. The fraction of sp³-hybridized carbons (Fsp3) is 0.500. The minimum Gasteiger partial charge on any atom is -0.494 e. The van der Waals surface area contributed by atoms with E-state index < -0.39 is 5.97 Å². The van der Waals surface area contributed by atoms with Crippen LogP contribution in [0.25, 0.3) is 0 Å². The van der Waals surface area contributed by atoms with Gasteiger partial charge in [-0.15, -0.1) is 0 Å². The number of hydrogen-bond acceptors (Lipinski definition) is 5. The highest BCUT2D eigenvalue weighted by Gasteiger charge is 2.10. The number of hydrogen-bond donors (Lipinski definition) is 0. The highest BCUT2D eigenvalue weighted by molar-refractivity contribution is 5.91. The number of carbonyl (C=O) groups is 1. The Morgan fingerprint density at radius 1 is 0.774 bits per heavy atom. The standard InChI is InChI=1S/C26H36O5/c1-4-6-7-8-9-10-19-29-23-15-17-25(18-16-23)31-26(27)22-11-13-24(14-12-22)30-20-21(3)28-5-2/h11-18,21H,4-10,19-20H2,1-3H3. The fourth-order valence-electron chi connectivity index (χ4n) is 3.08. The van der Waals surface area contributed by atoms with Crippen molar-refractivity contribution in [3.05, 3.63) is 54.1 Å². The predicted molar refractivity (Wildman–Crippen MR) is 123 cm³/mol. The minimum atomic E-state index is -0.407. The van der Waals surface area contributed by atoms with Crippen molar-refractivity contribution < 1.29 is 23.7 Å². The maximum Gasteiger partial charge on any atom is 0.343 e. The topological polar surface area (TPSA) is 54.0 Å². The van der Waals surface area contributed by atoms with E-state index >= 15 is 0 Å². The van der Waals surface area contributed by atoms with Crippen LogP contribution in [-0.2, 0) is 4.74 Å². The number of ether oxygens (including phenoxy) is 4. The molecule has 1 unspecified atom stereocenters. The Hall–Kier alpha value is -2.53. The van der Waals surface area contributed by atoms with Gasteiger partial charge in [0, 0.05) is 6.61 Å². The Labute approximate surface area is 186 Å². The molecule has 0 aliphatic heterocycles. The molecule has 170 valence electrons. The van der Waals surface area contributed by atoms with Crippen molar-refractivity contribution in [1.82, 2.24) is 0 Å². The SMILES string of the molecule is CCCCCCCCOc1ccc(OC(=O)c2ccc(OCC(C)OCC)cc2)cc1. The molecule has 31 heavy (non-hydrogen) atoms. The summed E-state index contributed by atoms with van der Waals surface area (Å²) in [5, 5.41) is 0. The molecule has 0 N–H and O–H groups in total. The first-order valence-corrected chi connectivity index (χ1v) is 11.4. The zero-order valence-corrected chi connectivity index (χ0v) is 19.1. The molecule has 0 radical (unpaired) electrons.